The molecule has 3 N–H and O–H groups in total. The van der Waals surface area contributed by atoms with Crippen molar-refractivity contribution in [2.24, 2.45) is 0 Å². The van der Waals surface area contributed by atoms with Crippen molar-refractivity contribution >= 4 is 17.8 Å². The number of para-hydroxylation sites is 1. The van der Waals surface area contributed by atoms with Gasteiger partial charge in [-0.05, 0) is 6.07 Å². The van der Waals surface area contributed by atoms with Crippen molar-refractivity contribution in [2.75, 3.05) is 7.11 Å². The van der Waals surface area contributed by atoms with E-state index in [0.29, 0.717) is 11.3 Å². The minimum absolute atomic E-state index is 0.0899. The molecule has 1 amide bonds. The van der Waals surface area contributed by atoms with Gasteiger partial charge in [0.15, 0.2) is 0 Å². The first-order chi connectivity index (χ1) is 9.43. The summed E-state index contributed by atoms with van der Waals surface area (Å²) in [7, 11) is 1.46. The van der Waals surface area contributed by atoms with Crippen molar-refractivity contribution < 1.29 is 29.3 Å². The summed E-state index contributed by atoms with van der Waals surface area (Å²) >= 11 is 0. The maximum Gasteiger partial charge on any atom is 0.326 e. The Morgan fingerprint density at radius 1 is 1.25 bits per heavy atom. The number of hydrogen-bond acceptors (Lipinski definition) is 4. The second-order valence-corrected chi connectivity index (χ2v) is 4.04. The fourth-order valence-corrected chi connectivity index (χ4v) is 1.64. The molecule has 0 saturated heterocycles. The van der Waals surface area contributed by atoms with Crippen LogP contribution in [0.25, 0.3) is 0 Å². The number of hydrogen-bond donors (Lipinski definition) is 3. The van der Waals surface area contributed by atoms with Gasteiger partial charge in [0.2, 0.25) is 5.91 Å². The first-order valence-electron chi connectivity index (χ1n) is 5.80. The normalized spacial score (nSPS) is 11.4. The summed E-state index contributed by atoms with van der Waals surface area (Å²) < 4.78 is 5.07. The van der Waals surface area contributed by atoms with E-state index in [0.717, 1.165) is 0 Å². The van der Waals surface area contributed by atoms with Gasteiger partial charge in [-0.1, -0.05) is 18.2 Å². The smallest absolute Gasteiger partial charge is 0.326 e. The van der Waals surface area contributed by atoms with Gasteiger partial charge in [0.25, 0.3) is 0 Å². The molecule has 1 rings (SSSR count). The van der Waals surface area contributed by atoms with Crippen LogP contribution in [-0.2, 0) is 20.8 Å². The molecule has 7 nitrogen and oxygen atoms in total. The lowest BCUT2D eigenvalue weighted by molar-refractivity contribution is -0.147. The minimum Gasteiger partial charge on any atom is -0.496 e. The third-order valence-electron chi connectivity index (χ3n) is 2.56. The summed E-state index contributed by atoms with van der Waals surface area (Å²) in [5.74, 6) is -2.76. The van der Waals surface area contributed by atoms with Gasteiger partial charge in [-0.3, -0.25) is 9.59 Å². The maximum absolute atomic E-state index is 11.8. The number of aliphatic carboxylic acids is 2. The van der Waals surface area contributed by atoms with Crippen molar-refractivity contribution in [3.8, 4) is 5.75 Å². The van der Waals surface area contributed by atoms with Crippen LogP contribution < -0.4 is 10.1 Å². The van der Waals surface area contributed by atoms with E-state index in [2.05, 4.69) is 5.32 Å². The number of nitrogens with one attached hydrogen (secondary N) is 1. The molecule has 7 heteroatoms. The van der Waals surface area contributed by atoms with Gasteiger partial charge in [0.05, 0.1) is 20.0 Å². The van der Waals surface area contributed by atoms with E-state index >= 15 is 0 Å². The summed E-state index contributed by atoms with van der Waals surface area (Å²) in [5.41, 5.74) is 0.590. The van der Waals surface area contributed by atoms with Crippen LogP contribution in [0.5, 0.6) is 5.75 Å². The maximum atomic E-state index is 11.8. The Balaban J connectivity index is 2.70. The van der Waals surface area contributed by atoms with Crippen molar-refractivity contribution in [3.05, 3.63) is 29.8 Å². The van der Waals surface area contributed by atoms with E-state index in [1.54, 1.807) is 24.3 Å². The zero-order valence-electron chi connectivity index (χ0n) is 10.8. The molecule has 1 atom stereocenters. The largest absolute Gasteiger partial charge is 0.496 e. The van der Waals surface area contributed by atoms with Crippen molar-refractivity contribution in [3.63, 3.8) is 0 Å². The molecule has 1 aromatic rings. The highest BCUT2D eigenvalue weighted by Gasteiger charge is 2.23. The molecule has 0 saturated carbocycles. The number of methoxy groups -OCH3 is 1. The number of carboxylic acid groups (broad SMARTS) is 2. The fourth-order valence-electron chi connectivity index (χ4n) is 1.64. The summed E-state index contributed by atoms with van der Waals surface area (Å²) in [6.07, 6.45) is -0.763. The van der Waals surface area contributed by atoms with Crippen LogP contribution in [0, 0.1) is 0 Å². The molecule has 0 aliphatic carbocycles. The third-order valence-corrected chi connectivity index (χ3v) is 2.56. The number of rotatable bonds is 7. The Morgan fingerprint density at radius 3 is 2.45 bits per heavy atom. The standard InChI is InChI=1S/C13H15NO6/c1-20-10-5-3-2-4-8(10)6-11(15)14-9(13(18)19)7-12(16)17/h2-5,9H,6-7H2,1H3,(H,14,15)(H,16,17)(H,18,19). The van der Waals surface area contributed by atoms with Crippen LogP contribution in [0.15, 0.2) is 24.3 Å². The number of amides is 1. The highest BCUT2D eigenvalue weighted by atomic mass is 16.5. The molecular weight excluding hydrogens is 266 g/mol. The summed E-state index contributed by atoms with van der Waals surface area (Å²) in [5, 5.41) is 19.6. The van der Waals surface area contributed by atoms with Crippen LogP contribution in [-0.4, -0.2) is 41.2 Å². The third kappa shape index (κ3) is 4.60. The molecule has 1 unspecified atom stereocenters. The van der Waals surface area contributed by atoms with Gasteiger partial charge in [-0.15, -0.1) is 0 Å². The van der Waals surface area contributed by atoms with E-state index in [1.807, 2.05) is 0 Å². The number of carbonyl (C=O) groups excluding carboxylic acids is 1. The molecule has 0 radical (unpaired) electrons. The average molecular weight is 281 g/mol. The van der Waals surface area contributed by atoms with Crippen molar-refractivity contribution in [1.82, 2.24) is 5.32 Å². The minimum atomic E-state index is -1.45. The zero-order chi connectivity index (χ0) is 15.1. The van der Waals surface area contributed by atoms with Gasteiger partial charge < -0.3 is 20.3 Å². The van der Waals surface area contributed by atoms with E-state index in [9.17, 15) is 14.4 Å². The monoisotopic (exact) mass is 281 g/mol. The lowest BCUT2D eigenvalue weighted by Crippen LogP contribution is -2.42. The molecule has 108 valence electrons. The van der Waals surface area contributed by atoms with Crippen LogP contribution in [0.4, 0.5) is 0 Å². The van der Waals surface area contributed by atoms with Crippen molar-refractivity contribution in [2.45, 2.75) is 18.9 Å². The van der Waals surface area contributed by atoms with Crippen LogP contribution in [0.1, 0.15) is 12.0 Å². The zero-order valence-corrected chi connectivity index (χ0v) is 10.8. The Labute approximate surface area is 115 Å². The molecule has 0 bridgehead atoms. The fraction of sp³-hybridized carbons (Fsp3) is 0.308. The first-order valence-corrected chi connectivity index (χ1v) is 5.80. The predicted molar refractivity (Wildman–Crippen MR) is 68.5 cm³/mol. The molecule has 0 fully saturated rings. The van der Waals surface area contributed by atoms with Gasteiger partial charge in [0, 0.05) is 5.56 Å². The Morgan fingerprint density at radius 2 is 1.90 bits per heavy atom. The Bertz CT molecular complexity index is 513. The lowest BCUT2D eigenvalue weighted by Gasteiger charge is -2.13. The molecule has 20 heavy (non-hydrogen) atoms. The molecular formula is C13H15NO6. The molecule has 0 spiro atoms. The van der Waals surface area contributed by atoms with Crippen LogP contribution in [0.3, 0.4) is 0 Å². The second kappa shape index (κ2) is 7.13. The quantitative estimate of drug-likeness (QED) is 0.661. The highest BCUT2D eigenvalue weighted by molar-refractivity contribution is 5.87. The van der Waals surface area contributed by atoms with Gasteiger partial charge in [0.1, 0.15) is 11.8 Å². The summed E-state index contributed by atoms with van der Waals surface area (Å²) in [6, 6.07) is 5.36. The van der Waals surface area contributed by atoms with Gasteiger partial charge in [-0.25, -0.2) is 4.79 Å². The Hall–Kier alpha value is -2.57. The van der Waals surface area contributed by atoms with E-state index in [-0.39, 0.29) is 6.42 Å². The lowest BCUT2D eigenvalue weighted by atomic mass is 10.1. The SMILES string of the molecule is COc1ccccc1CC(=O)NC(CC(=O)O)C(=O)O. The van der Waals surface area contributed by atoms with Crippen LogP contribution in [0.2, 0.25) is 0 Å². The van der Waals surface area contributed by atoms with E-state index in [1.165, 1.54) is 7.11 Å². The number of carboxylic acids is 2. The molecule has 1 aromatic carbocycles. The number of benzene rings is 1. The van der Waals surface area contributed by atoms with Crippen molar-refractivity contribution in [1.29, 1.82) is 0 Å². The van der Waals surface area contributed by atoms with Gasteiger partial charge >= 0.3 is 11.9 Å². The Kier molecular flexibility index (Phi) is 5.52. The molecule has 0 aliphatic heterocycles. The molecule has 0 heterocycles. The molecule has 0 aliphatic rings. The second-order valence-electron chi connectivity index (χ2n) is 4.04. The van der Waals surface area contributed by atoms with Gasteiger partial charge in [-0.2, -0.15) is 0 Å². The van der Waals surface area contributed by atoms with E-state index in [4.69, 9.17) is 14.9 Å². The predicted octanol–water partition coefficient (Wildman–Crippen LogP) is 0.282. The topological polar surface area (TPSA) is 113 Å². The number of ether oxygens (including phenoxy) is 1. The first kappa shape index (κ1) is 15.5. The summed E-state index contributed by atoms with van der Waals surface area (Å²) in [6.45, 7) is 0. The summed E-state index contributed by atoms with van der Waals surface area (Å²) in [4.78, 5) is 33.1. The molecule has 0 aromatic heterocycles. The van der Waals surface area contributed by atoms with Crippen LogP contribution >= 0.6 is 0 Å². The number of carbonyl (C=O) groups is 3. The highest BCUT2D eigenvalue weighted by Crippen LogP contribution is 2.17. The average Bonchev–Trinajstić information content (AvgIpc) is 2.37. The van der Waals surface area contributed by atoms with E-state index < -0.39 is 30.3 Å².